The summed E-state index contributed by atoms with van der Waals surface area (Å²) in [6, 6.07) is 7.72. The van der Waals surface area contributed by atoms with Crippen molar-refractivity contribution in [1.82, 2.24) is 20.6 Å². The van der Waals surface area contributed by atoms with E-state index in [1.165, 1.54) is 0 Å². The van der Waals surface area contributed by atoms with Gasteiger partial charge in [-0.3, -0.25) is 10.1 Å². The van der Waals surface area contributed by atoms with Gasteiger partial charge < -0.3 is 29.6 Å². The molecule has 10 nitrogen and oxygen atoms in total. The Kier molecular flexibility index (Phi) is 12.3. The molecular formula is C21H33N5O5S2. The first-order chi connectivity index (χ1) is 15.8. The Morgan fingerprint density at radius 1 is 0.970 bits per heavy atom. The molecule has 0 atom stereocenters. The number of nitro groups is 1. The van der Waals surface area contributed by atoms with Gasteiger partial charge in [0.15, 0.2) is 5.82 Å². The summed E-state index contributed by atoms with van der Waals surface area (Å²) in [5, 5.41) is 27.4. The molecule has 0 unspecified atom stereocenters. The van der Waals surface area contributed by atoms with Crippen molar-refractivity contribution in [3.8, 4) is 0 Å². The molecule has 2 aromatic heterocycles. The van der Waals surface area contributed by atoms with Crippen molar-refractivity contribution in [3.05, 3.63) is 69.4 Å². The zero-order valence-corrected chi connectivity index (χ0v) is 20.9. The van der Waals surface area contributed by atoms with E-state index in [2.05, 4.69) is 15.5 Å². The van der Waals surface area contributed by atoms with Gasteiger partial charge in [-0.15, -0.1) is 0 Å². The zero-order chi connectivity index (χ0) is 24.1. The predicted molar refractivity (Wildman–Crippen MR) is 131 cm³/mol. The fourth-order valence-electron chi connectivity index (χ4n) is 2.83. The molecule has 0 aliphatic carbocycles. The smallest absolute Gasteiger partial charge is 0.274 e. The maximum absolute atomic E-state index is 10.9. The van der Waals surface area contributed by atoms with Crippen LogP contribution in [0.15, 0.2) is 45.1 Å². The Bertz CT molecular complexity index is 809. The Morgan fingerprint density at radius 2 is 1.45 bits per heavy atom. The van der Waals surface area contributed by atoms with E-state index >= 15 is 0 Å². The second-order valence-electron chi connectivity index (χ2n) is 7.58. The number of nitrogens with one attached hydrogen (secondary N) is 2. The van der Waals surface area contributed by atoms with Crippen molar-refractivity contribution >= 4 is 23.5 Å². The van der Waals surface area contributed by atoms with Gasteiger partial charge in [0.1, 0.15) is 23.0 Å². The summed E-state index contributed by atoms with van der Waals surface area (Å²) >= 11 is 3.37. The Morgan fingerprint density at radius 3 is 1.91 bits per heavy atom. The lowest BCUT2D eigenvalue weighted by Gasteiger charge is -2.11. The third-order valence-electron chi connectivity index (χ3n) is 4.14. The van der Waals surface area contributed by atoms with Crippen LogP contribution in [0.2, 0.25) is 0 Å². The second kappa shape index (κ2) is 14.9. The molecule has 0 saturated carbocycles. The summed E-state index contributed by atoms with van der Waals surface area (Å²) in [4.78, 5) is 12.5. The van der Waals surface area contributed by atoms with Crippen molar-refractivity contribution in [3.63, 3.8) is 0 Å². The minimum atomic E-state index is -0.465. The first-order valence-corrected chi connectivity index (χ1v) is 12.8. The van der Waals surface area contributed by atoms with E-state index in [4.69, 9.17) is 8.83 Å². The lowest BCUT2D eigenvalue weighted by atomic mass is 10.4. The van der Waals surface area contributed by atoms with Gasteiger partial charge in [0.2, 0.25) is 0 Å². The van der Waals surface area contributed by atoms with Crippen LogP contribution in [0.4, 0.5) is 0 Å². The zero-order valence-electron chi connectivity index (χ0n) is 19.3. The van der Waals surface area contributed by atoms with Crippen molar-refractivity contribution in [1.29, 1.82) is 0 Å². The maximum Gasteiger partial charge on any atom is 0.274 e. The molecule has 2 rings (SSSR count). The molecule has 12 heteroatoms. The molecule has 33 heavy (non-hydrogen) atoms. The lowest BCUT2D eigenvalue weighted by Crippen LogP contribution is -2.30. The highest BCUT2D eigenvalue weighted by molar-refractivity contribution is 7.98. The first-order valence-electron chi connectivity index (χ1n) is 10.5. The van der Waals surface area contributed by atoms with Crippen LogP contribution in [0.5, 0.6) is 0 Å². The summed E-state index contributed by atoms with van der Waals surface area (Å²) in [6.45, 7) is 2.29. The fourth-order valence-corrected chi connectivity index (χ4v) is 4.32. The minimum Gasteiger partial charge on any atom is -0.464 e. The van der Waals surface area contributed by atoms with Gasteiger partial charge in [0, 0.05) is 31.6 Å². The van der Waals surface area contributed by atoms with Crippen LogP contribution in [-0.4, -0.2) is 65.8 Å². The van der Waals surface area contributed by atoms with Crippen LogP contribution in [0.1, 0.15) is 23.0 Å². The maximum atomic E-state index is 10.9. The van der Waals surface area contributed by atoms with E-state index in [1.807, 2.05) is 38.4 Å². The van der Waals surface area contributed by atoms with Crippen LogP contribution < -0.4 is 10.6 Å². The molecule has 2 heterocycles. The summed E-state index contributed by atoms with van der Waals surface area (Å²) in [6.07, 6.45) is 0.958. The van der Waals surface area contributed by atoms with E-state index < -0.39 is 4.92 Å². The average molecular weight is 500 g/mol. The number of hydrogen-bond donors (Lipinski definition) is 3. The summed E-state index contributed by atoms with van der Waals surface area (Å²) < 4.78 is 11.4. The third-order valence-corrected chi connectivity index (χ3v) is 6.10. The van der Waals surface area contributed by atoms with Gasteiger partial charge in [-0.1, -0.05) is 0 Å². The van der Waals surface area contributed by atoms with Gasteiger partial charge in [0.25, 0.3) is 6.20 Å². The van der Waals surface area contributed by atoms with Gasteiger partial charge >= 0.3 is 0 Å². The molecule has 0 bridgehead atoms. The number of hydroxylamine groups is 2. The summed E-state index contributed by atoms with van der Waals surface area (Å²) in [7, 11) is 5.56. The number of rotatable bonds is 17. The quantitative estimate of drug-likeness (QED) is 0.169. The average Bonchev–Trinajstić information content (AvgIpc) is 3.35. The van der Waals surface area contributed by atoms with Crippen LogP contribution in [0, 0.1) is 10.1 Å². The van der Waals surface area contributed by atoms with E-state index in [-0.39, 0.29) is 0 Å². The summed E-state index contributed by atoms with van der Waals surface area (Å²) in [5.41, 5.74) is 0. The van der Waals surface area contributed by atoms with Crippen molar-refractivity contribution < 1.29 is 19.0 Å². The van der Waals surface area contributed by atoms with Crippen molar-refractivity contribution in [2.24, 2.45) is 0 Å². The standard InChI is InChI=1S/C21H33N5O5S2/c1-24(2)12-17-4-6-19(30-17)15-32-10-8-22-21(14-26(28)29)23-9-11-33-16-20-7-5-18(31-20)13-25(3)27/h4-7,14,22-23,27H,8-13,15-16H2,1-3H3. The molecule has 0 spiro atoms. The molecule has 0 amide bonds. The molecule has 0 aliphatic rings. The van der Waals surface area contributed by atoms with E-state index in [1.54, 1.807) is 30.6 Å². The Hall–Kier alpha value is -2.12. The van der Waals surface area contributed by atoms with Crippen LogP contribution in [-0.2, 0) is 24.6 Å². The van der Waals surface area contributed by atoms with Crippen LogP contribution >= 0.6 is 23.5 Å². The number of nitrogens with zero attached hydrogens (tertiary/aromatic N) is 3. The van der Waals surface area contributed by atoms with Crippen molar-refractivity contribution in [2.75, 3.05) is 45.7 Å². The van der Waals surface area contributed by atoms with Crippen LogP contribution in [0.3, 0.4) is 0 Å². The highest BCUT2D eigenvalue weighted by atomic mass is 32.2. The molecule has 0 aromatic carbocycles. The summed E-state index contributed by atoms with van der Waals surface area (Å²) in [5.74, 6) is 6.81. The van der Waals surface area contributed by atoms with E-state index in [0.29, 0.717) is 37.0 Å². The topological polar surface area (TPSA) is 120 Å². The molecule has 184 valence electrons. The van der Waals surface area contributed by atoms with Gasteiger partial charge in [0.05, 0.1) is 29.5 Å². The molecule has 2 aromatic rings. The largest absolute Gasteiger partial charge is 0.464 e. The second-order valence-corrected chi connectivity index (χ2v) is 9.79. The highest BCUT2D eigenvalue weighted by Crippen LogP contribution is 2.17. The van der Waals surface area contributed by atoms with Gasteiger partial charge in [-0.05, 0) is 38.4 Å². The van der Waals surface area contributed by atoms with E-state index in [0.717, 1.165) is 52.3 Å². The Labute approximate surface area is 202 Å². The van der Waals surface area contributed by atoms with Crippen LogP contribution in [0.25, 0.3) is 0 Å². The predicted octanol–water partition coefficient (Wildman–Crippen LogP) is 3.18. The normalized spacial score (nSPS) is 12.0. The van der Waals surface area contributed by atoms with E-state index in [9.17, 15) is 15.3 Å². The number of furan rings is 2. The number of thioether (sulfide) groups is 2. The molecule has 3 N–H and O–H groups in total. The fraction of sp³-hybridized carbons (Fsp3) is 0.524. The number of hydrogen-bond acceptors (Lipinski definition) is 11. The van der Waals surface area contributed by atoms with Gasteiger partial charge in [-0.2, -0.15) is 28.6 Å². The molecule has 0 saturated heterocycles. The highest BCUT2D eigenvalue weighted by Gasteiger charge is 2.06. The lowest BCUT2D eigenvalue weighted by molar-refractivity contribution is -0.404. The monoisotopic (exact) mass is 499 g/mol. The minimum absolute atomic E-state index is 0.338. The first kappa shape index (κ1) is 27.1. The van der Waals surface area contributed by atoms with Crippen molar-refractivity contribution in [2.45, 2.75) is 24.6 Å². The van der Waals surface area contributed by atoms with Gasteiger partial charge in [-0.25, -0.2) is 0 Å². The SMILES string of the molecule is CN(C)Cc1ccc(CSCCNC(=C[N+](=O)[O-])NCCSCc2ccc(CN(C)O)o2)o1. The molecular weight excluding hydrogens is 466 g/mol. The molecule has 0 radical (unpaired) electrons. The third kappa shape index (κ3) is 12.1. The molecule has 0 fully saturated rings. The Balaban J connectivity index is 1.61. The molecule has 0 aliphatic heterocycles.